The van der Waals surface area contributed by atoms with E-state index < -0.39 is 28.9 Å². The van der Waals surface area contributed by atoms with Crippen LogP contribution in [0, 0.1) is 10.1 Å². The molecular formula is C36H38N4O6. The van der Waals surface area contributed by atoms with Gasteiger partial charge in [0.25, 0.3) is 5.69 Å². The molecule has 3 aromatic rings. The Bertz CT molecular complexity index is 1620. The zero-order valence-corrected chi connectivity index (χ0v) is 25.8. The first-order valence-corrected chi connectivity index (χ1v) is 15.8. The van der Waals surface area contributed by atoms with Gasteiger partial charge in [0.2, 0.25) is 0 Å². The molecule has 1 saturated heterocycles. The van der Waals surface area contributed by atoms with Crippen LogP contribution in [0.1, 0.15) is 67.7 Å². The second-order valence-corrected chi connectivity index (χ2v) is 12.1. The second kappa shape index (κ2) is 13.6. The second-order valence-electron chi connectivity index (χ2n) is 12.1. The number of allylic oxidation sites excluding steroid dienone is 1. The van der Waals surface area contributed by atoms with Crippen molar-refractivity contribution in [1.29, 1.82) is 0 Å². The summed E-state index contributed by atoms with van der Waals surface area (Å²) >= 11 is 0. The Morgan fingerprint density at radius 3 is 2.04 bits per heavy atom. The van der Waals surface area contributed by atoms with Crippen LogP contribution in [0.3, 0.4) is 0 Å². The number of benzene rings is 3. The van der Waals surface area contributed by atoms with E-state index in [-0.39, 0.29) is 34.8 Å². The molecule has 1 aliphatic carbocycles. The number of esters is 2. The number of nitro benzene ring substituents is 1. The third-order valence-electron chi connectivity index (χ3n) is 9.02. The van der Waals surface area contributed by atoms with E-state index in [0.717, 1.165) is 43.2 Å². The molecule has 0 bridgehead atoms. The topological polar surface area (TPSA) is 137 Å². The minimum atomic E-state index is -1.01. The fourth-order valence-electron chi connectivity index (χ4n) is 6.76. The highest BCUT2D eigenvalue weighted by Crippen LogP contribution is 2.41. The number of nitrogens with one attached hydrogen (secondary N) is 1. The van der Waals surface area contributed by atoms with Gasteiger partial charge in [-0.25, -0.2) is 9.59 Å². The maximum absolute atomic E-state index is 14.0. The van der Waals surface area contributed by atoms with E-state index >= 15 is 0 Å². The first-order valence-electron chi connectivity index (χ1n) is 15.8. The zero-order chi connectivity index (χ0) is 32.2. The van der Waals surface area contributed by atoms with E-state index in [0.29, 0.717) is 24.4 Å². The van der Waals surface area contributed by atoms with Crippen molar-refractivity contribution in [2.75, 3.05) is 13.1 Å². The van der Waals surface area contributed by atoms with Gasteiger partial charge in [-0.2, -0.15) is 0 Å². The highest BCUT2D eigenvalue weighted by atomic mass is 16.6. The normalized spacial score (nSPS) is 19.4. The fourth-order valence-corrected chi connectivity index (χ4v) is 6.76. The highest BCUT2D eigenvalue weighted by molar-refractivity contribution is 6.00. The van der Waals surface area contributed by atoms with Gasteiger partial charge in [-0.1, -0.05) is 79.2 Å². The molecule has 6 rings (SSSR count). The van der Waals surface area contributed by atoms with Crippen molar-refractivity contribution in [3.8, 4) is 0 Å². The number of hydrogen-bond donors (Lipinski definition) is 2. The molecule has 1 atom stereocenters. The number of carbonyl (C=O) groups is 2. The van der Waals surface area contributed by atoms with Crippen molar-refractivity contribution in [1.82, 2.24) is 10.2 Å². The van der Waals surface area contributed by atoms with Gasteiger partial charge in [0, 0.05) is 30.9 Å². The third kappa shape index (κ3) is 6.53. The molecule has 0 aromatic heterocycles. The van der Waals surface area contributed by atoms with E-state index in [1.807, 2.05) is 36.4 Å². The SMILES string of the molecule is CC1=C(C(=O)OC2CCCCC2)C(c2cccc([N+](=O)[O-])c2)C(C(=O)OC2CN(C(c3ccccc3)c3ccccc3)C2)=C(N)N1. The van der Waals surface area contributed by atoms with E-state index in [4.69, 9.17) is 15.2 Å². The van der Waals surface area contributed by atoms with Gasteiger partial charge in [0.15, 0.2) is 0 Å². The maximum Gasteiger partial charge on any atom is 0.339 e. The summed E-state index contributed by atoms with van der Waals surface area (Å²) in [7, 11) is 0. The lowest BCUT2D eigenvalue weighted by Gasteiger charge is -2.44. The summed E-state index contributed by atoms with van der Waals surface area (Å²) in [5.41, 5.74) is 9.57. The lowest BCUT2D eigenvalue weighted by molar-refractivity contribution is -0.384. The van der Waals surface area contributed by atoms with Crippen LogP contribution in [-0.2, 0) is 19.1 Å². The lowest BCUT2D eigenvalue weighted by atomic mass is 9.81. The predicted octanol–water partition coefficient (Wildman–Crippen LogP) is 5.62. The van der Waals surface area contributed by atoms with Gasteiger partial charge in [0.05, 0.1) is 28.0 Å². The standard InChI is InChI=1S/C36H38N4O6/c1-23-30(35(41)45-28-18-9-4-10-19-28)31(26-16-11-17-27(20-26)40(43)44)32(34(37)38-23)36(42)46-29-21-39(22-29)33(24-12-5-2-6-13-24)25-14-7-3-8-15-25/h2-3,5-8,11-17,20,28-29,31,33,38H,4,9-10,18-19,21-22,37H2,1H3. The molecule has 238 valence electrons. The summed E-state index contributed by atoms with van der Waals surface area (Å²) in [5, 5.41) is 14.7. The van der Waals surface area contributed by atoms with E-state index in [2.05, 4.69) is 34.5 Å². The first-order chi connectivity index (χ1) is 22.3. The predicted molar refractivity (Wildman–Crippen MR) is 172 cm³/mol. The number of rotatable bonds is 9. The number of ether oxygens (including phenoxy) is 2. The van der Waals surface area contributed by atoms with Crippen LogP contribution < -0.4 is 11.1 Å². The Hall–Kier alpha value is -4.96. The number of nitro groups is 1. The first kappa shape index (κ1) is 31.0. The number of hydrogen-bond acceptors (Lipinski definition) is 9. The molecule has 0 spiro atoms. The summed E-state index contributed by atoms with van der Waals surface area (Å²) in [4.78, 5) is 41.2. The summed E-state index contributed by atoms with van der Waals surface area (Å²) in [5.74, 6) is -2.23. The maximum atomic E-state index is 14.0. The number of nitrogens with two attached hydrogens (primary N) is 1. The lowest BCUT2D eigenvalue weighted by Crippen LogP contribution is -2.54. The van der Waals surface area contributed by atoms with Crippen molar-refractivity contribution in [3.63, 3.8) is 0 Å². The molecule has 1 unspecified atom stereocenters. The number of carbonyl (C=O) groups excluding carboxylic acids is 2. The van der Waals surface area contributed by atoms with Crippen LogP contribution in [0.4, 0.5) is 5.69 Å². The summed E-state index contributed by atoms with van der Waals surface area (Å²) < 4.78 is 12.0. The molecule has 2 fully saturated rings. The van der Waals surface area contributed by atoms with Gasteiger partial charge in [-0.05, 0) is 49.3 Å². The Labute approximate surface area is 268 Å². The minimum Gasteiger partial charge on any atom is -0.459 e. The number of nitrogens with zero attached hydrogens (tertiary/aromatic N) is 2. The summed E-state index contributed by atoms with van der Waals surface area (Å²) in [6.07, 6.45) is 3.93. The fraction of sp³-hybridized carbons (Fsp3) is 0.333. The van der Waals surface area contributed by atoms with Crippen LogP contribution in [0.2, 0.25) is 0 Å². The Kier molecular flexibility index (Phi) is 9.16. The summed E-state index contributed by atoms with van der Waals surface area (Å²) in [6.45, 7) is 2.68. The smallest absolute Gasteiger partial charge is 0.339 e. The summed E-state index contributed by atoms with van der Waals surface area (Å²) in [6, 6.07) is 26.2. The average Bonchev–Trinajstić information content (AvgIpc) is 3.04. The molecule has 2 heterocycles. The Morgan fingerprint density at radius 1 is 0.848 bits per heavy atom. The van der Waals surface area contributed by atoms with Crippen molar-refractivity contribution < 1.29 is 24.0 Å². The Balaban J connectivity index is 1.25. The van der Waals surface area contributed by atoms with Crippen LogP contribution in [0.15, 0.2) is 108 Å². The molecule has 1 saturated carbocycles. The van der Waals surface area contributed by atoms with Crippen LogP contribution in [0.5, 0.6) is 0 Å². The molecule has 0 radical (unpaired) electrons. The van der Waals surface area contributed by atoms with Crippen molar-refractivity contribution in [3.05, 3.63) is 134 Å². The van der Waals surface area contributed by atoms with Gasteiger partial charge in [0.1, 0.15) is 18.0 Å². The highest BCUT2D eigenvalue weighted by Gasteiger charge is 2.42. The van der Waals surface area contributed by atoms with Crippen molar-refractivity contribution in [2.24, 2.45) is 5.73 Å². The number of non-ortho nitro benzene ring substituents is 1. The van der Waals surface area contributed by atoms with Crippen LogP contribution in [0.25, 0.3) is 0 Å². The van der Waals surface area contributed by atoms with Gasteiger partial charge in [-0.3, -0.25) is 15.0 Å². The minimum absolute atomic E-state index is 0.0117. The largest absolute Gasteiger partial charge is 0.459 e. The van der Waals surface area contributed by atoms with Crippen LogP contribution in [-0.4, -0.2) is 47.1 Å². The molecule has 10 heteroatoms. The molecule has 46 heavy (non-hydrogen) atoms. The molecule has 2 aliphatic heterocycles. The van der Waals surface area contributed by atoms with E-state index in [1.54, 1.807) is 13.0 Å². The molecule has 3 N–H and O–H groups in total. The van der Waals surface area contributed by atoms with E-state index in [9.17, 15) is 19.7 Å². The monoisotopic (exact) mass is 622 g/mol. The zero-order valence-electron chi connectivity index (χ0n) is 25.8. The average molecular weight is 623 g/mol. The van der Waals surface area contributed by atoms with Crippen molar-refractivity contribution >= 4 is 17.6 Å². The van der Waals surface area contributed by atoms with Gasteiger partial charge < -0.3 is 20.5 Å². The Morgan fingerprint density at radius 2 is 1.43 bits per heavy atom. The molecule has 0 amide bonds. The number of dihydropyridines is 1. The van der Waals surface area contributed by atoms with E-state index in [1.165, 1.54) is 18.2 Å². The van der Waals surface area contributed by atoms with Gasteiger partial charge in [-0.15, -0.1) is 0 Å². The van der Waals surface area contributed by atoms with Gasteiger partial charge >= 0.3 is 11.9 Å². The number of likely N-dealkylation sites (tertiary alicyclic amines) is 1. The van der Waals surface area contributed by atoms with Crippen LogP contribution >= 0.6 is 0 Å². The molecular weight excluding hydrogens is 584 g/mol. The quantitative estimate of drug-likeness (QED) is 0.177. The third-order valence-corrected chi connectivity index (χ3v) is 9.02. The molecule has 3 aliphatic rings. The molecule has 10 nitrogen and oxygen atoms in total. The molecule has 3 aromatic carbocycles. The van der Waals surface area contributed by atoms with Crippen molar-refractivity contribution in [2.45, 2.75) is 63.2 Å².